The predicted molar refractivity (Wildman–Crippen MR) is 72.6 cm³/mol. The quantitative estimate of drug-likeness (QED) is 0.715. The molecule has 1 rings (SSSR count). The van der Waals surface area contributed by atoms with E-state index in [-0.39, 0.29) is 0 Å². The number of hydrogen-bond donors (Lipinski definition) is 0. The van der Waals surface area contributed by atoms with Crippen LogP contribution in [-0.4, -0.2) is 37.0 Å². The van der Waals surface area contributed by atoms with Gasteiger partial charge in [0.25, 0.3) is 0 Å². The molecule has 3 heteroatoms. The Labute approximate surface area is 107 Å². The second kappa shape index (κ2) is 7.69. The number of nitrogens with zero attached hydrogens (tertiary/aromatic N) is 1. The van der Waals surface area contributed by atoms with Crippen molar-refractivity contribution in [2.45, 2.75) is 13.3 Å². The van der Waals surface area contributed by atoms with Crippen LogP contribution in [0.2, 0.25) is 0 Å². The van der Waals surface area contributed by atoms with Crippen LogP contribution in [0.25, 0.3) is 0 Å². The van der Waals surface area contributed by atoms with E-state index in [9.17, 15) is 0 Å². The van der Waals surface area contributed by atoms with Crippen LogP contribution in [0.15, 0.2) is 24.3 Å². The summed E-state index contributed by atoms with van der Waals surface area (Å²) in [5.74, 6) is 0.927. The van der Waals surface area contributed by atoms with Crippen LogP contribution in [0.3, 0.4) is 0 Å². The Kier molecular flexibility index (Phi) is 6.50. The highest BCUT2D eigenvalue weighted by atomic mass is 79.9. The lowest BCUT2D eigenvalue weighted by atomic mass is 10.1. The topological polar surface area (TPSA) is 12.5 Å². The Bertz CT molecular complexity index is 286. The Morgan fingerprint density at radius 2 is 1.88 bits per heavy atom. The first-order valence-corrected chi connectivity index (χ1v) is 6.83. The SMILES string of the molecule is CCN(CCBr)CCc1ccc(OC)cc1. The molecule has 0 spiro atoms. The Hall–Kier alpha value is -0.540. The van der Waals surface area contributed by atoms with Crippen molar-refractivity contribution in [2.75, 3.05) is 32.1 Å². The van der Waals surface area contributed by atoms with Gasteiger partial charge in [0.05, 0.1) is 7.11 Å². The summed E-state index contributed by atoms with van der Waals surface area (Å²) in [6.45, 7) is 5.56. The third-order valence-corrected chi connectivity index (χ3v) is 3.08. The monoisotopic (exact) mass is 285 g/mol. The number of benzene rings is 1. The minimum absolute atomic E-state index is 0.927. The van der Waals surface area contributed by atoms with Crippen molar-refractivity contribution in [3.05, 3.63) is 29.8 Å². The van der Waals surface area contributed by atoms with Crippen LogP contribution in [-0.2, 0) is 6.42 Å². The summed E-state index contributed by atoms with van der Waals surface area (Å²) in [5, 5.41) is 1.05. The lowest BCUT2D eigenvalue weighted by Crippen LogP contribution is -2.27. The van der Waals surface area contributed by atoms with Crippen LogP contribution >= 0.6 is 15.9 Å². The molecule has 0 aromatic heterocycles. The number of hydrogen-bond acceptors (Lipinski definition) is 2. The summed E-state index contributed by atoms with van der Waals surface area (Å²) in [5.41, 5.74) is 1.37. The number of methoxy groups -OCH3 is 1. The molecule has 0 aliphatic heterocycles. The second-order valence-corrected chi connectivity index (χ2v) is 4.51. The first-order chi connectivity index (χ1) is 7.80. The van der Waals surface area contributed by atoms with Crippen molar-refractivity contribution in [1.29, 1.82) is 0 Å². The van der Waals surface area contributed by atoms with E-state index in [1.165, 1.54) is 5.56 Å². The summed E-state index contributed by atoms with van der Waals surface area (Å²) in [4.78, 5) is 2.44. The highest BCUT2D eigenvalue weighted by molar-refractivity contribution is 9.09. The zero-order chi connectivity index (χ0) is 11.8. The van der Waals surface area contributed by atoms with Gasteiger partial charge in [-0.1, -0.05) is 35.0 Å². The summed E-state index contributed by atoms with van der Waals surface area (Å²) in [6, 6.07) is 8.33. The minimum atomic E-state index is 0.927. The molecule has 0 bridgehead atoms. The third kappa shape index (κ3) is 4.54. The molecule has 0 aliphatic carbocycles. The molecular formula is C13H20BrNO. The zero-order valence-electron chi connectivity index (χ0n) is 10.1. The Balaban J connectivity index is 2.40. The molecule has 0 radical (unpaired) electrons. The van der Waals surface area contributed by atoms with Gasteiger partial charge in [0.15, 0.2) is 0 Å². The van der Waals surface area contributed by atoms with Gasteiger partial charge >= 0.3 is 0 Å². The number of alkyl halides is 1. The van der Waals surface area contributed by atoms with Gasteiger partial charge in [-0.25, -0.2) is 0 Å². The Morgan fingerprint density at radius 3 is 2.38 bits per heavy atom. The normalized spacial score (nSPS) is 10.8. The van der Waals surface area contributed by atoms with E-state index in [1.54, 1.807) is 7.11 Å². The maximum absolute atomic E-state index is 5.14. The molecule has 0 amide bonds. The molecule has 1 aromatic rings. The van der Waals surface area contributed by atoms with Gasteiger partial charge in [0, 0.05) is 18.4 Å². The van der Waals surface area contributed by atoms with Crippen LogP contribution in [0.4, 0.5) is 0 Å². The first kappa shape index (κ1) is 13.5. The van der Waals surface area contributed by atoms with E-state index in [4.69, 9.17) is 4.74 Å². The smallest absolute Gasteiger partial charge is 0.118 e. The van der Waals surface area contributed by atoms with Crippen LogP contribution in [0.5, 0.6) is 5.75 Å². The van der Waals surface area contributed by atoms with Crippen molar-refractivity contribution in [3.63, 3.8) is 0 Å². The number of rotatable bonds is 7. The number of likely N-dealkylation sites (N-methyl/N-ethyl adjacent to an activating group) is 1. The average Bonchev–Trinajstić information content (AvgIpc) is 2.35. The molecule has 0 N–H and O–H groups in total. The summed E-state index contributed by atoms with van der Waals surface area (Å²) in [6.07, 6.45) is 1.10. The van der Waals surface area contributed by atoms with Crippen LogP contribution in [0, 0.1) is 0 Å². The summed E-state index contributed by atoms with van der Waals surface area (Å²) < 4.78 is 5.14. The molecule has 2 nitrogen and oxygen atoms in total. The van der Waals surface area contributed by atoms with Gasteiger partial charge in [0.2, 0.25) is 0 Å². The van der Waals surface area contributed by atoms with Gasteiger partial charge in [-0.05, 0) is 30.7 Å². The largest absolute Gasteiger partial charge is 0.497 e. The minimum Gasteiger partial charge on any atom is -0.497 e. The van der Waals surface area contributed by atoms with E-state index in [0.717, 1.165) is 37.1 Å². The molecule has 0 saturated heterocycles. The van der Waals surface area contributed by atoms with E-state index < -0.39 is 0 Å². The van der Waals surface area contributed by atoms with Crippen molar-refractivity contribution in [1.82, 2.24) is 4.90 Å². The van der Waals surface area contributed by atoms with Crippen molar-refractivity contribution >= 4 is 15.9 Å². The Morgan fingerprint density at radius 1 is 1.19 bits per heavy atom. The fraction of sp³-hybridized carbons (Fsp3) is 0.538. The summed E-state index contributed by atoms with van der Waals surface area (Å²) in [7, 11) is 1.70. The maximum atomic E-state index is 5.14. The summed E-state index contributed by atoms with van der Waals surface area (Å²) >= 11 is 3.48. The average molecular weight is 286 g/mol. The molecule has 1 aromatic carbocycles. The van der Waals surface area contributed by atoms with Gasteiger partial charge in [0.1, 0.15) is 5.75 Å². The second-order valence-electron chi connectivity index (χ2n) is 3.72. The first-order valence-electron chi connectivity index (χ1n) is 5.71. The third-order valence-electron chi connectivity index (χ3n) is 2.72. The lowest BCUT2D eigenvalue weighted by molar-refractivity contribution is 0.311. The van der Waals surface area contributed by atoms with Crippen LogP contribution < -0.4 is 4.74 Å². The van der Waals surface area contributed by atoms with Gasteiger partial charge < -0.3 is 9.64 Å². The molecule has 0 unspecified atom stereocenters. The molecule has 0 aliphatic rings. The molecule has 0 atom stereocenters. The van der Waals surface area contributed by atoms with Gasteiger partial charge in [-0.15, -0.1) is 0 Å². The fourth-order valence-electron chi connectivity index (χ4n) is 1.63. The zero-order valence-corrected chi connectivity index (χ0v) is 11.7. The molecule has 16 heavy (non-hydrogen) atoms. The number of ether oxygens (including phenoxy) is 1. The number of halogens is 1. The van der Waals surface area contributed by atoms with Gasteiger partial charge in [-0.3, -0.25) is 0 Å². The van der Waals surface area contributed by atoms with Crippen molar-refractivity contribution < 1.29 is 4.74 Å². The van der Waals surface area contributed by atoms with Crippen LogP contribution in [0.1, 0.15) is 12.5 Å². The lowest BCUT2D eigenvalue weighted by Gasteiger charge is -2.18. The van der Waals surface area contributed by atoms with Gasteiger partial charge in [-0.2, -0.15) is 0 Å². The predicted octanol–water partition coefficient (Wildman–Crippen LogP) is 2.95. The van der Waals surface area contributed by atoms with E-state index in [0.29, 0.717) is 0 Å². The van der Waals surface area contributed by atoms with E-state index in [1.807, 2.05) is 12.1 Å². The standard InChI is InChI=1S/C13H20BrNO/c1-3-15(11-9-14)10-8-12-4-6-13(16-2)7-5-12/h4-7H,3,8-11H2,1-2H3. The molecule has 90 valence electrons. The molecular weight excluding hydrogens is 266 g/mol. The fourth-order valence-corrected chi connectivity index (χ4v) is 2.13. The highest BCUT2D eigenvalue weighted by Gasteiger charge is 2.01. The molecule has 0 saturated carbocycles. The maximum Gasteiger partial charge on any atom is 0.118 e. The van der Waals surface area contributed by atoms with E-state index in [2.05, 4.69) is 39.9 Å². The van der Waals surface area contributed by atoms with Crippen molar-refractivity contribution in [2.24, 2.45) is 0 Å². The van der Waals surface area contributed by atoms with E-state index >= 15 is 0 Å². The highest BCUT2D eigenvalue weighted by Crippen LogP contribution is 2.11. The molecule has 0 fully saturated rings. The molecule has 0 heterocycles. The van der Waals surface area contributed by atoms with Crippen molar-refractivity contribution in [3.8, 4) is 5.75 Å².